The normalized spacial score (nSPS) is 17.9. The lowest BCUT2D eigenvalue weighted by atomic mass is 10.2. The highest BCUT2D eigenvalue weighted by Gasteiger charge is 2.14. The van der Waals surface area contributed by atoms with Gasteiger partial charge in [0.05, 0.1) is 6.54 Å². The van der Waals surface area contributed by atoms with Crippen LogP contribution in [0.4, 0.5) is 0 Å². The van der Waals surface area contributed by atoms with Crippen molar-refractivity contribution in [3.8, 4) is 0 Å². The number of aromatic nitrogens is 3. The minimum atomic E-state index is 0.701. The molecule has 78 valence electrons. The maximum Gasteiger partial charge on any atom is 0.147 e. The summed E-state index contributed by atoms with van der Waals surface area (Å²) in [6, 6.07) is 0.701. The van der Waals surface area contributed by atoms with Crippen LogP contribution in [0.5, 0.6) is 0 Å². The lowest BCUT2D eigenvalue weighted by molar-refractivity contribution is 0.502. The molecule has 0 saturated heterocycles. The molecular weight excluding hydrogens is 176 g/mol. The SMILES string of the molecule is Cc1nc(CNC2CCCC2)n(C)n1. The molecule has 1 saturated carbocycles. The number of nitrogens with zero attached hydrogens (tertiary/aromatic N) is 3. The second-order valence-electron chi connectivity index (χ2n) is 4.06. The van der Waals surface area contributed by atoms with Crippen molar-refractivity contribution in [2.45, 2.75) is 45.2 Å². The van der Waals surface area contributed by atoms with Crippen LogP contribution in [0.15, 0.2) is 0 Å². The average Bonchev–Trinajstić information content (AvgIpc) is 2.72. The number of hydrogen-bond acceptors (Lipinski definition) is 3. The van der Waals surface area contributed by atoms with Gasteiger partial charge in [0, 0.05) is 13.1 Å². The molecular formula is C10H18N4. The molecule has 1 N–H and O–H groups in total. The Morgan fingerprint density at radius 2 is 2.14 bits per heavy atom. The van der Waals surface area contributed by atoms with Gasteiger partial charge < -0.3 is 5.32 Å². The maximum atomic E-state index is 4.36. The van der Waals surface area contributed by atoms with Gasteiger partial charge in [0.25, 0.3) is 0 Å². The molecule has 1 aliphatic rings. The van der Waals surface area contributed by atoms with E-state index in [1.165, 1.54) is 25.7 Å². The second kappa shape index (κ2) is 4.09. The summed E-state index contributed by atoms with van der Waals surface area (Å²) in [5.41, 5.74) is 0. The highest BCUT2D eigenvalue weighted by Crippen LogP contribution is 2.17. The summed E-state index contributed by atoms with van der Waals surface area (Å²) in [5, 5.41) is 7.75. The Labute approximate surface area is 84.7 Å². The predicted octanol–water partition coefficient (Wildman–Crippen LogP) is 1.16. The molecule has 1 aliphatic carbocycles. The first-order chi connectivity index (χ1) is 6.75. The molecule has 0 atom stereocenters. The van der Waals surface area contributed by atoms with E-state index in [2.05, 4.69) is 15.4 Å². The monoisotopic (exact) mass is 194 g/mol. The Hall–Kier alpha value is -0.900. The van der Waals surface area contributed by atoms with Gasteiger partial charge in [-0.3, -0.25) is 4.68 Å². The van der Waals surface area contributed by atoms with Gasteiger partial charge in [-0.1, -0.05) is 12.8 Å². The van der Waals surface area contributed by atoms with Crippen LogP contribution in [0, 0.1) is 6.92 Å². The molecule has 14 heavy (non-hydrogen) atoms. The van der Waals surface area contributed by atoms with Crippen molar-refractivity contribution in [3.63, 3.8) is 0 Å². The Morgan fingerprint density at radius 3 is 2.71 bits per heavy atom. The number of hydrogen-bond donors (Lipinski definition) is 1. The van der Waals surface area contributed by atoms with Crippen LogP contribution in [-0.2, 0) is 13.6 Å². The summed E-state index contributed by atoms with van der Waals surface area (Å²) >= 11 is 0. The highest BCUT2D eigenvalue weighted by atomic mass is 15.3. The first kappa shape index (κ1) is 9.65. The second-order valence-corrected chi connectivity index (χ2v) is 4.06. The van der Waals surface area contributed by atoms with Gasteiger partial charge in [-0.2, -0.15) is 5.10 Å². The van der Waals surface area contributed by atoms with E-state index in [-0.39, 0.29) is 0 Å². The Balaban J connectivity index is 1.87. The van der Waals surface area contributed by atoms with Gasteiger partial charge in [0.1, 0.15) is 11.6 Å². The molecule has 2 rings (SSSR count). The predicted molar refractivity (Wildman–Crippen MR) is 54.8 cm³/mol. The summed E-state index contributed by atoms with van der Waals surface area (Å²) < 4.78 is 1.86. The summed E-state index contributed by atoms with van der Waals surface area (Å²) in [5.74, 6) is 1.89. The molecule has 1 heterocycles. The third-order valence-electron chi connectivity index (χ3n) is 2.86. The third-order valence-corrected chi connectivity index (χ3v) is 2.86. The van der Waals surface area contributed by atoms with Gasteiger partial charge in [0.15, 0.2) is 0 Å². The topological polar surface area (TPSA) is 42.7 Å². The largest absolute Gasteiger partial charge is 0.307 e. The zero-order chi connectivity index (χ0) is 9.97. The van der Waals surface area contributed by atoms with Crippen LogP contribution in [0.1, 0.15) is 37.3 Å². The first-order valence-corrected chi connectivity index (χ1v) is 5.35. The minimum absolute atomic E-state index is 0.701. The molecule has 0 radical (unpaired) electrons. The van der Waals surface area contributed by atoms with Crippen molar-refractivity contribution < 1.29 is 0 Å². The smallest absolute Gasteiger partial charge is 0.147 e. The van der Waals surface area contributed by atoms with Crippen LogP contribution in [0.25, 0.3) is 0 Å². The van der Waals surface area contributed by atoms with Crippen molar-refractivity contribution in [1.82, 2.24) is 20.1 Å². The fraction of sp³-hybridized carbons (Fsp3) is 0.800. The van der Waals surface area contributed by atoms with Crippen molar-refractivity contribution in [1.29, 1.82) is 0 Å². The number of nitrogens with one attached hydrogen (secondary N) is 1. The molecule has 1 aromatic rings. The van der Waals surface area contributed by atoms with Crippen molar-refractivity contribution in [2.75, 3.05) is 0 Å². The van der Waals surface area contributed by atoms with E-state index < -0.39 is 0 Å². The van der Waals surface area contributed by atoms with Crippen LogP contribution < -0.4 is 5.32 Å². The summed E-state index contributed by atoms with van der Waals surface area (Å²) in [6.07, 6.45) is 5.37. The summed E-state index contributed by atoms with van der Waals surface area (Å²) in [4.78, 5) is 4.36. The summed E-state index contributed by atoms with van der Waals surface area (Å²) in [7, 11) is 1.95. The highest BCUT2D eigenvalue weighted by molar-refractivity contribution is 4.90. The third kappa shape index (κ3) is 2.12. The van der Waals surface area contributed by atoms with Crippen LogP contribution >= 0.6 is 0 Å². The molecule has 1 fully saturated rings. The fourth-order valence-corrected chi connectivity index (χ4v) is 2.08. The summed E-state index contributed by atoms with van der Waals surface area (Å²) in [6.45, 7) is 2.78. The first-order valence-electron chi connectivity index (χ1n) is 5.35. The van der Waals surface area contributed by atoms with Crippen molar-refractivity contribution in [3.05, 3.63) is 11.6 Å². The van der Waals surface area contributed by atoms with Crippen LogP contribution in [0.2, 0.25) is 0 Å². The zero-order valence-corrected chi connectivity index (χ0v) is 8.95. The maximum absolute atomic E-state index is 4.36. The van der Waals surface area contributed by atoms with E-state index >= 15 is 0 Å². The molecule has 0 bridgehead atoms. The lowest BCUT2D eigenvalue weighted by Gasteiger charge is -2.10. The van der Waals surface area contributed by atoms with Gasteiger partial charge in [0.2, 0.25) is 0 Å². The molecule has 4 heteroatoms. The molecule has 1 aromatic heterocycles. The van der Waals surface area contributed by atoms with E-state index in [0.717, 1.165) is 18.2 Å². The van der Waals surface area contributed by atoms with E-state index in [4.69, 9.17) is 0 Å². The Morgan fingerprint density at radius 1 is 1.43 bits per heavy atom. The molecule has 4 nitrogen and oxygen atoms in total. The van der Waals surface area contributed by atoms with Gasteiger partial charge in [-0.25, -0.2) is 4.98 Å². The Bertz CT molecular complexity index is 299. The quantitative estimate of drug-likeness (QED) is 0.785. The minimum Gasteiger partial charge on any atom is -0.307 e. The zero-order valence-electron chi connectivity index (χ0n) is 8.95. The van der Waals surface area contributed by atoms with Gasteiger partial charge in [-0.05, 0) is 19.8 Å². The van der Waals surface area contributed by atoms with E-state index in [1.807, 2.05) is 18.7 Å². The van der Waals surface area contributed by atoms with E-state index in [1.54, 1.807) is 0 Å². The number of rotatable bonds is 3. The van der Waals surface area contributed by atoms with Crippen LogP contribution in [0.3, 0.4) is 0 Å². The fourth-order valence-electron chi connectivity index (χ4n) is 2.08. The van der Waals surface area contributed by atoms with Crippen molar-refractivity contribution >= 4 is 0 Å². The molecule has 0 unspecified atom stereocenters. The van der Waals surface area contributed by atoms with Gasteiger partial charge >= 0.3 is 0 Å². The lowest BCUT2D eigenvalue weighted by Crippen LogP contribution is -2.26. The van der Waals surface area contributed by atoms with Crippen LogP contribution in [-0.4, -0.2) is 20.8 Å². The van der Waals surface area contributed by atoms with E-state index in [0.29, 0.717) is 6.04 Å². The van der Waals surface area contributed by atoms with Gasteiger partial charge in [-0.15, -0.1) is 0 Å². The van der Waals surface area contributed by atoms with E-state index in [9.17, 15) is 0 Å². The molecule has 0 aliphatic heterocycles. The molecule has 0 aromatic carbocycles. The molecule has 0 spiro atoms. The standard InChI is InChI=1S/C10H18N4/c1-8-12-10(14(2)13-8)7-11-9-5-3-4-6-9/h9,11H,3-7H2,1-2H3. The average molecular weight is 194 g/mol. The van der Waals surface area contributed by atoms with Crippen molar-refractivity contribution in [2.24, 2.45) is 7.05 Å². The molecule has 0 amide bonds. The Kier molecular flexibility index (Phi) is 2.82. The number of aryl methyl sites for hydroxylation is 2.